The van der Waals surface area contributed by atoms with Gasteiger partial charge in [0.2, 0.25) is 6.29 Å². The zero-order valence-electron chi connectivity index (χ0n) is 23.9. The van der Waals surface area contributed by atoms with E-state index in [1.54, 1.807) is 6.92 Å². The first-order valence-corrected chi connectivity index (χ1v) is 13.0. The van der Waals surface area contributed by atoms with Gasteiger partial charge in [0.25, 0.3) is 0 Å². The number of ether oxygens (including phenoxy) is 1. The summed E-state index contributed by atoms with van der Waals surface area (Å²) in [7, 11) is 0. The normalized spacial score (nSPS) is 13.5. The smallest absolute Gasteiger partial charge is 0.323 e. The van der Waals surface area contributed by atoms with Gasteiger partial charge in [0, 0.05) is 6.42 Å². The fourth-order valence-corrected chi connectivity index (χ4v) is 4.55. The summed E-state index contributed by atoms with van der Waals surface area (Å²) in [4.78, 5) is 13.9. The van der Waals surface area contributed by atoms with E-state index in [0.717, 1.165) is 30.4 Å². The number of phenolic OH excluding ortho intramolecular Hbond substituents is 2. The summed E-state index contributed by atoms with van der Waals surface area (Å²) < 4.78 is 5.65. The maximum Gasteiger partial charge on any atom is 0.323 e. The third-order valence-corrected chi connectivity index (χ3v) is 7.08. The lowest BCUT2D eigenvalue weighted by Gasteiger charge is -2.34. The molecule has 0 amide bonds. The van der Waals surface area contributed by atoms with E-state index in [1.165, 1.54) is 0 Å². The molecule has 1 atom stereocenters. The first-order valence-electron chi connectivity index (χ1n) is 13.0. The van der Waals surface area contributed by atoms with Gasteiger partial charge in [0.1, 0.15) is 16.9 Å². The molecule has 2 aromatic carbocycles. The van der Waals surface area contributed by atoms with Crippen LogP contribution in [0.5, 0.6) is 11.5 Å². The molecule has 0 aliphatic heterocycles. The summed E-state index contributed by atoms with van der Waals surface area (Å²) in [5.41, 5.74) is 2.09. The van der Waals surface area contributed by atoms with E-state index in [2.05, 4.69) is 6.92 Å². The number of unbranched alkanes of at least 4 members (excludes halogenated alkanes) is 2. The van der Waals surface area contributed by atoms with Crippen molar-refractivity contribution < 1.29 is 24.9 Å². The lowest BCUT2D eigenvalue weighted by Crippen LogP contribution is -2.39. The number of carbonyl (C=O) groups excluding carboxylic acids is 1. The Morgan fingerprint density at radius 3 is 1.58 bits per heavy atom. The highest BCUT2D eigenvalue weighted by Gasteiger charge is 2.42. The maximum absolute atomic E-state index is 13.9. The standard InChI is InChI=1S/C31H46O5/c1-11-12-13-14-25(32)36-28(35)31(10,21-15-19(2)26(33)23(17-21)29(4,5)6)22-16-20(3)27(34)24(18-22)30(7,8)9/h15-18,25,32-34H,11-14H2,1-10H3. The summed E-state index contributed by atoms with van der Waals surface area (Å²) in [5.74, 6) is -0.154. The van der Waals surface area contributed by atoms with Crippen LogP contribution in [0.2, 0.25) is 0 Å². The molecule has 0 aromatic heterocycles. The van der Waals surface area contributed by atoms with E-state index in [1.807, 2.05) is 79.7 Å². The van der Waals surface area contributed by atoms with Crippen LogP contribution in [0.1, 0.15) is 114 Å². The maximum atomic E-state index is 13.9. The molecule has 0 fully saturated rings. The minimum absolute atomic E-state index is 0.207. The van der Waals surface area contributed by atoms with Crippen molar-refractivity contribution in [1.82, 2.24) is 0 Å². The second kappa shape index (κ2) is 10.8. The summed E-state index contributed by atoms with van der Waals surface area (Å²) in [5, 5.41) is 32.2. The molecule has 0 heterocycles. The van der Waals surface area contributed by atoms with Crippen LogP contribution in [-0.2, 0) is 25.8 Å². The Hall–Kier alpha value is -2.53. The molecule has 3 N–H and O–H groups in total. The Labute approximate surface area is 217 Å². The number of aliphatic hydroxyl groups is 1. The molecular formula is C31H46O5. The number of aryl methyl sites for hydroxylation is 2. The largest absolute Gasteiger partial charge is 0.507 e. The molecular weight excluding hydrogens is 452 g/mol. The van der Waals surface area contributed by atoms with Crippen LogP contribution in [0.25, 0.3) is 0 Å². The lowest BCUT2D eigenvalue weighted by molar-refractivity contribution is -0.173. The van der Waals surface area contributed by atoms with Crippen LogP contribution in [-0.4, -0.2) is 27.6 Å². The van der Waals surface area contributed by atoms with Crippen molar-refractivity contribution in [2.75, 3.05) is 0 Å². The molecule has 0 saturated heterocycles. The van der Waals surface area contributed by atoms with Crippen LogP contribution in [0.3, 0.4) is 0 Å². The van der Waals surface area contributed by atoms with Crippen molar-refractivity contribution in [3.8, 4) is 11.5 Å². The highest BCUT2D eigenvalue weighted by molar-refractivity contribution is 5.88. The Morgan fingerprint density at radius 1 is 0.806 bits per heavy atom. The minimum atomic E-state index is -1.29. The first kappa shape index (κ1) is 29.7. The molecule has 36 heavy (non-hydrogen) atoms. The van der Waals surface area contributed by atoms with Gasteiger partial charge in [-0.2, -0.15) is 0 Å². The van der Waals surface area contributed by atoms with E-state index in [9.17, 15) is 20.1 Å². The zero-order valence-corrected chi connectivity index (χ0v) is 23.9. The second-order valence-corrected chi connectivity index (χ2v) is 12.4. The van der Waals surface area contributed by atoms with Gasteiger partial charge in [-0.1, -0.05) is 85.6 Å². The minimum Gasteiger partial charge on any atom is -0.507 e. The zero-order chi connectivity index (χ0) is 27.6. The first-order chi connectivity index (χ1) is 16.4. The molecule has 5 nitrogen and oxygen atoms in total. The number of hydrogen-bond acceptors (Lipinski definition) is 5. The number of hydrogen-bond donors (Lipinski definition) is 3. The number of rotatable bonds is 8. The molecule has 1 unspecified atom stereocenters. The molecule has 2 rings (SSSR count). The molecule has 0 aliphatic carbocycles. The van der Waals surface area contributed by atoms with E-state index in [-0.39, 0.29) is 22.3 Å². The van der Waals surface area contributed by atoms with Gasteiger partial charge in [-0.05, 0) is 71.4 Å². The molecule has 2 aromatic rings. The average Bonchev–Trinajstić information content (AvgIpc) is 2.75. The Balaban J connectivity index is 2.80. The van der Waals surface area contributed by atoms with E-state index in [0.29, 0.717) is 28.7 Å². The summed E-state index contributed by atoms with van der Waals surface area (Å²) >= 11 is 0. The Kier molecular flexibility index (Phi) is 8.94. The summed E-state index contributed by atoms with van der Waals surface area (Å²) in [6.07, 6.45) is 1.89. The predicted octanol–water partition coefficient (Wildman–Crippen LogP) is 7.06. The van der Waals surface area contributed by atoms with Gasteiger partial charge in [-0.15, -0.1) is 0 Å². The molecule has 0 spiro atoms. The molecule has 0 aliphatic rings. The van der Waals surface area contributed by atoms with Gasteiger partial charge in [0.15, 0.2) is 0 Å². The van der Waals surface area contributed by atoms with Crippen LogP contribution in [0.15, 0.2) is 24.3 Å². The SMILES string of the molecule is CCCCCC(O)OC(=O)C(C)(c1cc(C)c(O)c(C(C)(C)C)c1)c1cc(C)c(O)c(C(C)(C)C)c1. The number of aliphatic hydroxyl groups excluding tert-OH is 1. The van der Waals surface area contributed by atoms with Crippen LogP contribution >= 0.6 is 0 Å². The number of benzene rings is 2. The highest BCUT2D eigenvalue weighted by Crippen LogP contribution is 2.44. The molecule has 200 valence electrons. The van der Waals surface area contributed by atoms with Gasteiger partial charge in [-0.25, -0.2) is 0 Å². The van der Waals surface area contributed by atoms with Crippen LogP contribution in [0.4, 0.5) is 0 Å². The van der Waals surface area contributed by atoms with E-state index >= 15 is 0 Å². The van der Waals surface area contributed by atoms with Crippen molar-refractivity contribution in [3.05, 3.63) is 57.6 Å². The second-order valence-electron chi connectivity index (χ2n) is 12.4. The van der Waals surface area contributed by atoms with Crippen LogP contribution in [0, 0.1) is 13.8 Å². The van der Waals surface area contributed by atoms with E-state index in [4.69, 9.17) is 4.74 Å². The number of phenols is 2. The Bertz CT molecular complexity index is 1020. The average molecular weight is 499 g/mol. The molecule has 0 bridgehead atoms. The molecule has 5 heteroatoms. The van der Waals surface area contributed by atoms with Crippen molar-refractivity contribution >= 4 is 5.97 Å². The Morgan fingerprint density at radius 2 is 1.22 bits per heavy atom. The van der Waals surface area contributed by atoms with Crippen molar-refractivity contribution in [2.45, 2.75) is 117 Å². The quantitative estimate of drug-likeness (QED) is 0.206. The van der Waals surface area contributed by atoms with Gasteiger partial charge in [0.05, 0.1) is 0 Å². The molecule has 0 saturated carbocycles. The molecule has 0 radical (unpaired) electrons. The number of carbonyl (C=O) groups is 1. The van der Waals surface area contributed by atoms with Gasteiger partial charge >= 0.3 is 5.97 Å². The monoisotopic (exact) mass is 498 g/mol. The fraction of sp³-hybridized carbons (Fsp3) is 0.581. The lowest BCUT2D eigenvalue weighted by atomic mass is 9.71. The van der Waals surface area contributed by atoms with Crippen LogP contribution < -0.4 is 0 Å². The van der Waals surface area contributed by atoms with E-state index < -0.39 is 17.7 Å². The summed E-state index contributed by atoms with van der Waals surface area (Å²) in [6.45, 7) is 19.6. The fourth-order valence-electron chi connectivity index (χ4n) is 4.55. The predicted molar refractivity (Wildman–Crippen MR) is 146 cm³/mol. The van der Waals surface area contributed by atoms with Gasteiger partial charge < -0.3 is 20.1 Å². The third-order valence-electron chi connectivity index (χ3n) is 7.08. The topological polar surface area (TPSA) is 87.0 Å². The number of aromatic hydroxyl groups is 2. The number of esters is 1. The van der Waals surface area contributed by atoms with Gasteiger partial charge in [-0.3, -0.25) is 4.79 Å². The summed E-state index contributed by atoms with van der Waals surface area (Å²) in [6, 6.07) is 7.36. The third kappa shape index (κ3) is 6.23. The van der Waals surface area contributed by atoms with Crippen molar-refractivity contribution in [1.29, 1.82) is 0 Å². The van der Waals surface area contributed by atoms with Crippen molar-refractivity contribution in [2.24, 2.45) is 0 Å². The highest BCUT2D eigenvalue weighted by atomic mass is 16.6. The van der Waals surface area contributed by atoms with Crippen molar-refractivity contribution in [3.63, 3.8) is 0 Å².